The zero-order valence-electron chi connectivity index (χ0n) is 3.96. The van der Waals surface area contributed by atoms with Gasteiger partial charge in [0.05, 0.1) is 0 Å². The van der Waals surface area contributed by atoms with Crippen molar-refractivity contribution in [2.75, 3.05) is 13.1 Å². The Morgan fingerprint density at radius 2 is 1.57 bits per heavy atom. The molecule has 0 saturated carbocycles. The molecule has 0 bridgehead atoms. The summed E-state index contributed by atoms with van der Waals surface area (Å²) in [5.74, 6) is 0. The Kier molecular flexibility index (Phi) is 4.14. The Labute approximate surface area is 59.6 Å². The summed E-state index contributed by atoms with van der Waals surface area (Å²) in [6, 6.07) is 0. The van der Waals surface area contributed by atoms with E-state index in [9.17, 15) is 0 Å². The first-order valence-corrected chi connectivity index (χ1v) is 2.64. The van der Waals surface area contributed by atoms with Crippen LogP contribution in [0.25, 0.3) is 0 Å². The molecular weight excluding hydrogens is 161 g/mol. The summed E-state index contributed by atoms with van der Waals surface area (Å²) in [5.41, 5.74) is 0. The third-order valence-electron chi connectivity index (χ3n) is 1.05. The molecule has 0 amide bonds. The van der Waals surface area contributed by atoms with Gasteiger partial charge in [-0.25, -0.2) is 4.42 Å². The van der Waals surface area contributed by atoms with E-state index in [2.05, 4.69) is 0 Å². The van der Waals surface area contributed by atoms with Gasteiger partial charge >= 0.3 is 0 Å². The molecule has 1 radical (unpaired) electrons. The summed E-state index contributed by atoms with van der Waals surface area (Å²) in [6.45, 7) is 2.17. The van der Waals surface area contributed by atoms with Gasteiger partial charge in [0, 0.05) is 30.2 Å². The molecule has 0 atom stereocenters. The fourth-order valence-electron chi connectivity index (χ4n) is 0.679. The molecule has 1 fully saturated rings. The molecule has 1 aliphatic heterocycles. The van der Waals surface area contributed by atoms with E-state index in [1.807, 2.05) is 4.42 Å². The minimum Gasteiger partial charge on any atom is -0.220 e. The first-order valence-electron chi connectivity index (χ1n) is 2.30. The molecule has 1 aliphatic rings. The van der Waals surface area contributed by atoms with Crippen LogP contribution in [0.5, 0.6) is 0 Å². The Hall–Kier alpha value is 0.769. The van der Waals surface area contributed by atoms with Crippen molar-refractivity contribution in [3.8, 4) is 0 Å². The zero-order valence-corrected chi connectivity index (χ0v) is 5.65. The van der Waals surface area contributed by atoms with Crippen molar-refractivity contribution in [2.24, 2.45) is 0 Å². The molecule has 0 aliphatic carbocycles. The monoisotopic (exact) mass is 168 g/mol. The molecule has 0 unspecified atom stereocenters. The van der Waals surface area contributed by atoms with Crippen LogP contribution in [0.1, 0.15) is 12.8 Å². The van der Waals surface area contributed by atoms with Crippen LogP contribution in [0, 0.1) is 0 Å². The molecule has 1 nitrogen and oxygen atoms in total. The number of halogens is 1. The summed E-state index contributed by atoms with van der Waals surface area (Å²) in [7, 11) is 0. The standard InChI is InChI=1S/C4H8ClN.Cu/c5-6-3-1-2-4-6;/h1-4H2;. The van der Waals surface area contributed by atoms with E-state index in [0.717, 1.165) is 13.1 Å². The SMILES string of the molecule is ClN1CCCC1.[Cu]. The molecule has 0 spiro atoms. The Balaban J connectivity index is 0.000000360. The van der Waals surface area contributed by atoms with Crippen LogP contribution < -0.4 is 0 Å². The molecular formula is C4H8ClCuN. The van der Waals surface area contributed by atoms with Gasteiger partial charge in [-0.3, -0.25) is 0 Å². The van der Waals surface area contributed by atoms with Crippen molar-refractivity contribution < 1.29 is 17.1 Å². The summed E-state index contributed by atoms with van der Waals surface area (Å²) < 4.78 is 1.83. The van der Waals surface area contributed by atoms with Crippen molar-refractivity contribution in [1.29, 1.82) is 0 Å². The first-order chi connectivity index (χ1) is 2.89. The smallest absolute Gasteiger partial charge is 0.0139 e. The maximum atomic E-state index is 5.55. The Morgan fingerprint density at radius 1 is 1.14 bits per heavy atom. The number of nitrogens with zero attached hydrogens (tertiary/aromatic N) is 1. The quantitative estimate of drug-likeness (QED) is 0.389. The number of rotatable bonds is 0. The maximum absolute atomic E-state index is 5.55. The van der Waals surface area contributed by atoms with E-state index in [0.29, 0.717) is 0 Å². The van der Waals surface area contributed by atoms with Crippen molar-refractivity contribution in [3.63, 3.8) is 0 Å². The predicted molar refractivity (Wildman–Crippen MR) is 26.7 cm³/mol. The minimum absolute atomic E-state index is 0. The maximum Gasteiger partial charge on any atom is 0.0139 e. The van der Waals surface area contributed by atoms with Gasteiger partial charge in [-0.15, -0.1) is 0 Å². The summed E-state index contributed by atoms with van der Waals surface area (Å²) >= 11 is 5.55. The van der Waals surface area contributed by atoms with Gasteiger partial charge in [0.25, 0.3) is 0 Å². The van der Waals surface area contributed by atoms with E-state index in [-0.39, 0.29) is 17.1 Å². The molecule has 0 aromatic heterocycles. The molecule has 1 saturated heterocycles. The predicted octanol–water partition coefficient (Wildman–Crippen LogP) is 1.23. The summed E-state index contributed by atoms with van der Waals surface area (Å²) in [5, 5.41) is 0. The molecule has 0 aromatic rings. The van der Waals surface area contributed by atoms with Crippen molar-refractivity contribution in [3.05, 3.63) is 0 Å². The topological polar surface area (TPSA) is 3.24 Å². The van der Waals surface area contributed by atoms with Crippen LogP contribution in [0.3, 0.4) is 0 Å². The van der Waals surface area contributed by atoms with E-state index < -0.39 is 0 Å². The van der Waals surface area contributed by atoms with Gasteiger partial charge in [-0.2, -0.15) is 0 Å². The van der Waals surface area contributed by atoms with E-state index in [1.165, 1.54) is 12.8 Å². The molecule has 47 valence electrons. The van der Waals surface area contributed by atoms with Crippen LogP contribution in [-0.2, 0) is 17.1 Å². The number of hydrogen-bond donors (Lipinski definition) is 0. The van der Waals surface area contributed by atoms with Gasteiger partial charge in [-0.05, 0) is 24.6 Å². The molecule has 7 heavy (non-hydrogen) atoms. The van der Waals surface area contributed by atoms with Gasteiger partial charge in [0.1, 0.15) is 0 Å². The third-order valence-corrected chi connectivity index (χ3v) is 1.39. The summed E-state index contributed by atoms with van der Waals surface area (Å²) in [6.07, 6.45) is 2.56. The Bertz CT molecular complexity index is 45.0. The minimum atomic E-state index is 0. The van der Waals surface area contributed by atoms with Crippen LogP contribution in [0.15, 0.2) is 0 Å². The van der Waals surface area contributed by atoms with Crippen molar-refractivity contribution in [2.45, 2.75) is 12.8 Å². The Morgan fingerprint density at radius 3 is 1.71 bits per heavy atom. The second-order valence-corrected chi connectivity index (χ2v) is 2.10. The fourth-order valence-corrected chi connectivity index (χ4v) is 0.918. The number of hydrogen-bond acceptors (Lipinski definition) is 1. The average molecular weight is 169 g/mol. The van der Waals surface area contributed by atoms with Gasteiger partial charge in [-0.1, -0.05) is 0 Å². The molecule has 0 N–H and O–H groups in total. The van der Waals surface area contributed by atoms with Gasteiger partial charge < -0.3 is 0 Å². The van der Waals surface area contributed by atoms with Crippen LogP contribution in [0.4, 0.5) is 0 Å². The first kappa shape index (κ1) is 7.77. The van der Waals surface area contributed by atoms with Crippen LogP contribution in [0.2, 0.25) is 0 Å². The largest absolute Gasteiger partial charge is 0.220 e. The molecule has 0 aromatic carbocycles. The molecule has 3 heteroatoms. The normalized spacial score (nSPS) is 21.9. The van der Waals surface area contributed by atoms with E-state index in [1.54, 1.807) is 0 Å². The van der Waals surface area contributed by atoms with Crippen molar-refractivity contribution in [1.82, 2.24) is 4.42 Å². The molecule has 1 rings (SSSR count). The fraction of sp³-hybridized carbons (Fsp3) is 1.00. The third kappa shape index (κ3) is 2.55. The second kappa shape index (κ2) is 3.73. The zero-order chi connectivity index (χ0) is 4.41. The van der Waals surface area contributed by atoms with Gasteiger partial charge in [0.15, 0.2) is 0 Å². The van der Waals surface area contributed by atoms with Crippen LogP contribution in [-0.4, -0.2) is 17.5 Å². The van der Waals surface area contributed by atoms with Crippen LogP contribution >= 0.6 is 11.8 Å². The van der Waals surface area contributed by atoms with Gasteiger partial charge in [0.2, 0.25) is 0 Å². The summed E-state index contributed by atoms with van der Waals surface area (Å²) in [4.78, 5) is 0. The van der Waals surface area contributed by atoms with E-state index >= 15 is 0 Å². The average Bonchev–Trinajstić information content (AvgIpc) is 1.86. The second-order valence-electron chi connectivity index (χ2n) is 1.62. The van der Waals surface area contributed by atoms with Crippen molar-refractivity contribution >= 4 is 11.8 Å². The van der Waals surface area contributed by atoms with E-state index in [4.69, 9.17) is 11.8 Å². The molecule has 1 heterocycles.